The summed E-state index contributed by atoms with van der Waals surface area (Å²) in [6.07, 6.45) is 7.83. The fourth-order valence-electron chi connectivity index (χ4n) is 3.13. The van der Waals surface area contributed by atoms with E-state index < -0.39 is 10.0 Å². The lowest BCUT2D eigenvalue weighted by Crippen LogP contribution is -2.27. The number of nitrogens with one attached hydrogen (secondary N) is 1. The van der Waals surface area contributed by atoms with E-state index in [4.69, 9.17) is 0 Å². The van der Waals surface area contributed by atoms with Gasteiger partial charge in [-0.15, -0.1) is 0 Å². The highest BCUT2D eigenvalue weighted by atomic mass is 32.2. The summed E-state index contributed by atoms with van der Waals surface area (Å²) in [6.45, 7) is 8.20. The molecule has 0 amide bonds. The molecule has 2 rings (SSSR count). The van der Waals surface area contributed by atoms with Crippen LogP contribution < -0.4 is 4.72 Å². The smallest absolute Gasteiger partial charge is 0.211 e. The predicted octanol–water partition coefficient (Wildman–Crippen LogP) is 4.09. The van der Waals surface area contributed by atoms with E-state index in [0.717, 1.165) is 41.5 Å². The van der Waals surface area contributed by atoms with Gasteiger partial charge in [-0.05, 0) is 82.1 Å². The molecule has 0 atom stereocenters. The highest BCUT2D eigenvalue weighted by molar-refractivity contribution is 7.89. The Labute approximate surface area is 134 Å². The van der Waals surface area contributed by atoms with Crippen LogP contribution in [0.15, 0.2) is 22.6 Å². The first-order chi connectivity index (χ1) is 10.3. The molecule has 0 unspecified atom stereocenters. The second kappa shape index (κ2) is 6.97. The number of hydrogen-bond acceptors (Lipinski definition) is 2. The van der Waals surface area contributed by atoms with Crippen molar-refractivity contribution in [2.45, 2.75) is 64.7 Å². The van der Waals surface area contributed by atoms with Crippen LogP contribution in [-0.4, -0.2) is 15.0 Å². The van der Waals surface area contributed by atoms with E-state index in [1.807, 2.05) is 27.7 Å². The third-order valence-electron chi connectivity index (χ3n) is 4.69. The van der Waals surface area contributed by atoms with Gasteiger partial charge >= 0.3 is 0 Å². The van der Waals surface area contributed by atoms with Crippen molar-refractivity contribution in [3.8, 4) is 0 Å². The van der Waals surface area contributed by atoms with Crippen molar-refractivity contribution in [2.24, 2.45) is 0 Å². The molecule has 0 aliphatic heterocycles. The molecule has 1 aromatic carbocycles. The number of hydrogen-bond donors (Lipinski definition) is 1. The Hall–Kier alpha value is -1.13. The number of allylic oxidation sites excluding steroid dienone is 1. The van der Waals surface area contributed by atoms with Gasteiger partial charge in [-0.1, -0.05) is 17.7 Å². The summed E-state index contributed by atoms with van der Waals surface area (Å²) in [5.74, 6) is 0. The van der Waals surface area contributed by atoms with Crippen LogP contribution in [0.5, 0.6) is 0 Å². The molecule has 1 aliphatic rings. The van der Waals surface area contributed by atoms with Gasteiger partial charge in [-0.3, -0.25) is 0 Å². The lowest BCUT2D eigenvalue weighted by molar-refractivity contribution is 0.578. The molecule has 22 heavy (non-hydrogen) atoms. The first-order valence-electron chi connectivity index (χ1n) is 8.08. The van der Waals surface area contributed by atoms with Gasteiger partial charge in [0.05, 0.1) is 4.90 Å². The quantitative estimate of drug-likeness (QED) is 0.830. The van der Waals surface area contributed by atoms with Crippen LogP contribution >= 0.6 is 0 Å². The van der Waals surface area contributed by atoms with Gasteiger partial charge in [0.25, 0.3) is 0 Å². The van der Waals surface area contributed by atoms with Crippen LogP contribution in [-0.2, 0) is 10.0 Å². The van der Waals surface area contributed by atoms with Crippen molar-refractivity contribution in [3.05, 3.63) is 40.0 Å². The second-order valence-electron chi connectivity index (χ2n) is 6.35. The molecule has 4 heteroatoms. The van der Waals surface area contributed by atoms with Crippen molar-refractivity contribution >= 4 is 10.0 Å². The van der Waals surface area contributed by atoms with Crippen LogP contribution in [0.2, 0.25) is 0 Å². The molecule has 0 heterocycles. The summed E-state index contributed by atoms with van der Waals surface area (Å²) < 4.78 is 28.2. The average molecular weight is 321 g/mol. The van der Waals surface area contributed by atoms with E-state index >= 15 is 0 Å². The molecule has 0 aromatic heterocycles. The van der Waals surface area contributed by atoms with Gasteiger partial charge < -0.3 is 0 Å². The first-order valence-corrected chi connectivity index (χ1v) is 9.56. The lowest BCUT2D eigenvalue weighted by atomic mass is 9.97. The third-order valence-corrected chi connectivity index (χ3v) is 6.42. The van der Waals surface area contributed by atoms with Crippen LogP contribution in [0.3, 0.4) is 0 Å². The van der Waals surface area contributed by atoms with Gasteiger partial charge in [-0.25, -0.2) is 13.1 Å². The molecular weight excluding hydrogens is 294 g/mol. The zero-order valence-corrected chi connectivity index (χ0v) is 14.9. The molecule has 0 bridgehead atoms. The van der Waals surface area contributed by atoms with Crippen LogP contribution in [0, 0.1) is 27.7 Å². The Morgan fingerprint density at radius 1 is 1.05 bits per heavy atom. The van der Waals surface area contributed by atoms with Crippen molar-refractivity contribution in [1.82, 2.24) is 4.72 Å². The summed E-state index contributed by atoms with van der Waals surface area (Å²) >= 11 is 0. The molecule has 1 aromatic rings. The summed E-state index contributed by atoms with van der Waals surface area (Å²) in [5.41, 5.74) is 5.15. The minimum absolute atomic E-state index is 0.461. The molecule has 0 saturated carbocycles. The fraction of sp³-hybridized carbons (Fsp3) is 0.556. The molecule has 0 spiro atoms. The Morgan fingerprint density at radius 3 is 2.23 bits per heavy atom. The second-order valence-corrected chi connectivity index (χ2v) is 8.05. The molecule has 0 saturated heterocycles. The monoisotopic (exact) mass is 321 g/mol. The van der Waals surface area contributed by atoms with E-state index in [1.54, 1.807) is 0 Å². The summed E-state index contributed by atoms with van der Waals surface area (Å²) in [4.78, 5) is 0.461. The highest BCUT2D eigenvalue weighted by Crippen LogP contribution is 2.26. The van der Waals surface area contributed by atoms with Gasteiger partial charge in [-0.2, -0.15) is 0 Å². The van der Waals surface area contributed by atoms with E-state index in [9.17, 15) is 8.42 Å². The maximum absolute atomic E-state index is 12.7. The minimum Gasteiger partial charge on any atom is -0.211 e. The Balaban J connectivity index is 2.15. The maximum Gasteiger partial charge on any atom is 0.241 e. The van der Waals surface area contributed by atoms with Crippen molar-refractivity contribution in [1.29, 1.82) is 0 Å². The minimum atomic E-state index is -3.44. The van der Waals surface area contributed by atoms with E-state index in [1.165, 1.54) is 18.4 Å². The van der Waals surface area contributed by atoms with Gasteiger partial charge in [0, 0.05) is 6.54 Å². The van der Waals surface area contributed by atoms with E-state index in [0.29, 0.717) is 11.4 Å². The number of sulfonamides is 1. The number of aryl methyl sites for hydroxylation is 2. The van der Waals surface area contributed by atoms with Crippen LogP contribution in [0.4, 0.5) is 0 Å². The molecule has 122 valence electrons. The van der Waals surface area contributed by atoms with Gasteiger partial charge in [0.2, 0.25) is 10.0 Å². The topological polar surface area (TPSA) is 46.2 Å². The Kier molecular flexibility index (Phi) is 5.45. The largest absolute Gasteiger partial charge is 0.241 e. The number of benzene rings is 1. The van der Waals surface area contributed by atoms with Gasteiger partial charge in [0.1, 0.15) is 0 Å². The zero-order valence-electron chi connectivity index (χ0n) is 14.1. The Bertz CT molecular complexity index is 661. The standard InChI is InChI=1S/C18H27NO2S/c1-13-12-14(2)16(4)18(15(13)3)22(20,21)19-11-10-17-8-6-5-7-9-17/h8,12,19H,5-7,9-11H2,1-4H3. The molecular formula is C18H27NO2S. The summed E-state index contributed by atoms with van der Waals surface area (Å²) in [6, 6.07) is 2.05. The van der Waals surface area contributed by atoms with E-state index in [2.05, 4.69) is 16.9 Å². The number of rotatable bonds is 5. The normalized spacial score (nSPS) is 15.7. The molecule has 0 radical (unpaired) electrons. The SMILES string of the molecule is Cc1cc(C)c(C)c(S(=O)(=O)NCCC2=CCCCC2)c1C. The lowest BCUT2D eigenvalue weighted by Gasteiger charge is -2.17. The van der Waals surface area contributed by atoms with E-state index in [-0.39, 0.29) is 0 Å². The van der Waals surface area contributed by atoms with Crippen molar-refractivity contribution in [3.63, 3.8) is 0 Å². The Morgan fingerprint density at radius 2 is 1.68 bits per heavy atom. The van der Waals surface area contributed by atoms with Crippen molar-refractivity contribution < 1.29 is 8.42 Å². The highest BCUT2D eigenvalue weighted by Gasteiger charge is 2.21. The van der Waals surface area contributed by atoms with Crippen LogP contribution in [0.1, 0.15) is 54.4 Å². The summed E-state index contributed by atoms with van der Waals surface area (Å²) in [7, 11) is -3.44. The average Bonchev–Trinajstić information content (AvgIpc) is 2.46. The molecule has 3 nitrogen and oxygen atoms in total. The van der Waals surface area contributed by atoms with Crippen molar-refractivity contribution in [2.75, 3.05) is 6.54 Å². The molecule has 1 N–H and O–H groups in total. The molecule has 1 aliphatic carbocycles. The molecule has 0 fully saturated rings. The maximum atomic E-state index is 12.7. The third kappa shape index (κ3) is 3.79. The first kappa shape index (κ1) is 17.2. The zero-order chi connectivity index (χ0) is 16.3. The fourth-order valence-corrected chi connectivity index (χ4v) is 4.78. The van der Waals surface area contributed by atoms with Gasteiger partial charge in [0.15, 0.2) is 0 Å². The predicted molar refractivity (Wildman–Crippen MR) is 91.7 cm³/mol. The van der Waals surface area contributed by atoms with Crippen LogP contribution in [0.25, 0.3) is 0 Å². The summed E-state index contributed by atoms with van der Waals surface area (Å²) in [5, 5.41) is 0.